The minimum atomic E-state index is 0.247. The Morgan fingerprint density at radius 3 is 2.55 bits per heavy atom. The van der Waals surface area contributed by atoms with Gasteiger partial charge in [0.2, 0.25) is 0 Å². The van der Waals surface area contributed by atoms with E-state index in [0.29, 0.717) is 6.61 Å². The third kappa shape index (κ3) is 5.03. The van der Waals surface area contributed by atoms with Crippen molar-refractivity contribution in [1.82, 2.24) is 19.4 Å². The first-order valence-electron chi connectivity index (χ1n) is 13.1. The van der Waals surface area contributed by atoms with E-state index in [4.69, 9.17) is 19.4 Å². The highest BCUT2D eigenvalue weighted by atomic mass is 32.1. The van der Waals surface area contributed by atoms with Crippen molar-refractivity contribution in [2.24, 2.45) is 0 Å². The van der Waals surface area contributed by atoms with Crippen LogP contribution in [0.15, 0.2) is 84.6 Å². The number of thiophene rings is 1. The number of hydrogen-bond donors (Lipinski definition) is 1. The molecule has 4 heterocycles. The number of hydrogen-bond acceptors (Lipinski definition) is 7. The van der Waals surface area contributed by atoms with E-state index in [-0.39, 0.29) is 6.04 Å². The van der Waals surface area contributed by atoms with Gasteiger partial charge in [0.15, 0.2) is 5.65 Å². The first kappa shape index (κ1) is 24.6. The normalized spacial score (nSPS) is 15.0. The molecule has 1 aliphatic rings. The lowest BCUT2D eigenvalue weighted by atomic mass is 10.1. The molecule has 5 aromatic rings. The molecule has 38 heavy (non-hydrogen) atoms. The van der Waals surface area contributed by atoms with Crippen LogP contribution in [-0.2, 0) is 4.74 Å². The SMILES string of the molecule is CCOc1ccc(-n2cc(-c3ccccc3)c3c(NC[C@H](c4cccs4)N4CCOCC4)ncnc32)cc1. The zero-order valence-corrected chi connectivity index (χ0v) is 22.2. The maximum Gasteiger partial charge on any atom is 0.150 e. The van der Waals surface area contributed by atoms with Crippen molar-refractivity contribution in [3.8, 4) is 22.6 Å². The van der Waals surface area contributed by atoms with Crippen LogP contribution in [0.1, 0.15) is 17.8 Å². The van der Waals surface area contributed by atoms with Gasteiger partial charge >= 0.3 is 0 Å². The molecular formula is C30H31N5O2S. The van der Waals surface area contributed by atoms with E-state index >= 15 is 0 Å². The number of rotatable bonds is 9. The molecule has 0 spiro atoms. The summed E-state index contributed by atoms with van der Waals surface area (Å²) >= 11 is 1.80. The van der Waals surface area contributed by atoms with E-state index in [1.165, 1.54) is 4.88 Å². The van der Waals surface area contributed by atoms with E-state index in [1.54, 1.807) is 17.7 Å². The molecule has 1 aliphatic heterocycles. The van der Waals surface area contributed by atoms with Crippen LogP contribution >= 0.6 is 11.3 Å². The van der Waals surface area contributed by atoms with Gasteiger partial charge in [-0.25, -0.2) is 9.97 Å². The average molecular weight is 526 g/mol. The molecule has 0 aliphatic carbocycles. The van der Waals surface area contributed by atoms with Crippen LogP contribution in [0.4, 0.5) is 5.82 Å². The molecule has 6 rings (SSSR count). The summed E-state index contributed by atoms with van der Waals surface area (Å²) in [6.07, 6.45) is 3.81. The zero-order chi connectivity index (χ0) is 25.7. The molecule has 2 aromatic carbocycles. The molecule has 0 saturated carbocycles. The fourth-order valence-corrected chi connectivity index (χ4v) is 5.93. The number of morpholine rings is 1. The number of fused-ring (bicyclic) bond motifs is 1. The second-order valence-electron chi connectivity index (χ2n) is 9.19. The second-order valence-corrected chi connectivity index (χ2v) is 10.2. The van der Waals surface area contributed by atoms with Gasteiger partial charge in [0.1, 0.15) is 17.9 Å². The summed E-state index contributed by atoms with van der Waals surface area (Å²) in [5, 5.41) is 6.88. The van der Waals surface area contributed by atoms with E-state index in [0.717, 1.165) is 72.3 Å². The van der Waals surface area contributed by atoms with E-state index in [2.05, 4.69) is 74.9 Å². The maximum absolute atomic E-state index is 5.66. The molecule has 1 atom stereocenters. The Kier molecular flexibility index (Phi) is 7.35. The smallest absolute Gasteiger partial charge is 0.150 e. The fraction of sp³-hybridized carbons (Fsp3) is 0.267. The minimum absolute atomic E-state index is 0.247. The fourth-order valence-electron chi connectivity index (χ4n) is 5.07. The van der Waals surface area contributed by atoms with E-state index in [9.17, 15) is 0 Å². The molecule has 3 aromatic heterocycles. The molecule has 0 bridgehead atoms. The standard InChI is InChI=1S/C30H31N5O2S/c1-2-37-24-12-10-23(11-13-24)35-20-25(22-7-4-3-5-8-22)28-29(32-21-33-30(28)35)31-19-26(27-9-6-18-38-27)34-14-16-36-17-15-34/h3-13,18,20-21,26H,2,14-17,19H2,1H3,(H,31,32,33)/t26-/m1/s1. The van der Waals surface area contributed by atoms with Crippen molar-refractivity contribution in [3.63, 3.8) is 0 Å². The van der Waals surface area contributed by atoms with Crippen molar-refractivity contribution in [1.29, 1.82) is 0 Å². The highest BCUT2D eigenvalue weighted by Gasteiger charge is 2.25. The summed E-state index contributed by atoms with van der Waals surface area (Å²) in [6, 6.07) is 23.2. The highest BCUT2D eigenvalue weighted by Crippen LogP contribution is 2.36. The lowest BCUT2D eigenvalue weighted by Crippen LogP contribution is -2.41. The van der Waals surface area contributed by atoms with Gasteiger partial charge in [-0.05, 0) is 48.2 Å². The monoisotopic (exact) mass is 525 g/mol. The average Bonchev–Trinajstić information content (AvgIpc) is 3.64. The van der Waals surface area contributed by atoms with Crippen LogP contribution in [0.3, 0.4) is 0 Å². The lowest BCUT2D eigenvalue weighted by molar-refractivity contribution is 0.0194. The first-order chi connectivity index (χ1) is 18.8. The van der Waals surface area contributed by atoms with E-state index < -0.39 is 0 Å². The molecule has 1 N–H and O–H groups in total. The molecule has 0 amide bonds. The van der Waals surface area contributed by atoms with Crippen LogP contribution in [0, 0.1) is 0 Å². The molecule has 1 fully saturated rings. The van der Waals surface area contributed by atoms with Gasteiger partial charge in [0.25, 0.3) is 0 Å². The molecule has 1 saturated heterocycles. The summed E-state index contributed by atoms with van der Waals surface area (Å²) in [6.45, 7) is 6.76. The lowest BCUT2D eigenvalue weighted by Gasteiger charge is -2.34. The Hall–Kier alpha value is -3.72. The highest BCUT2D eigenvalue weighted by molar-refractivity contribution is 7.10. The third-order valence-corrected chi connectivity index (χ3v) is 7.89. The molecule has 7 nitrogen and oxygen atoms in total. The molecular weight excluding hydrogens is 494 g/mol. The number of aromatic nitrogens is 3. The number of nitrogens with zero attached hydrogens (tertiary/aromatic N) is 4. The molecule has 0 unspecified atom stereocenters. The van der Waals surface area contributed by atoms with Crippen LogP contribution < -0.4 is 10.1 Å². The largest absolute Gasteiger partial charge is 0.494 e. The Labute approximate surface area is 226 Å². The van der Waals surface area contributed by atoms with Gasteiger partial charge in [-0.15, -0.1) is 11.3 Å². The Morgan fingerprint density at radius 2 is 1.82 bits per heavy atom. The third-order valence-electron chi connectivity index (χ3n) is 6.91. The van der Waals surface area contributed by atoms with Crippen molar-refractivity contribution in [3.05, 3.63) is 89.5 Å². The van der Waals surface area contributed by atoms with Gasteiger partial charge in [0, 0.05) is 42.0 Å². The van der Waals surface area contributed by atoms with Gasteiger partial charge in [-0.1, -0.05) is 36.4 Å². The minimum Gasteiger partial charge on any atom is -0.494 e. The number of nitrogens with one attached hydrogen (secondary N) is 1. The van der Waals surface area contributed by atoms with Crippen molar-refractivity contribution >= 4 is 28.2 Å². The second kappa shape index (κ2) is 11.3. The summed E-state index contributed by atoms with van der Waals surface area (Å²) < 4.78 is 13.4. The topological polar surface area (TPSA) is 64.4 Å². The zero-order valence-electron chi connectivity index (χ0n) is 21.4. The van der Waals surface area contributed by atoms with Crippen LogP contribution in [0.2, 0.25) is 0 Å². The van der Waals surface area contributed by atoms with Gasteiger partial charge in [0.05, 0.1) is 31.2 Å². The van der Waals surface area contributed by atoms with Gasteiger partial charge in [-0.2, -0.15) is 0 Å². The number of benzene rings is 2. The molecule has 8 heteroatoms. The van der Waals surface area contributed by atoms with E-state index in [1.807, 2.05) is 25.1 Å². The molecule has 194 valence electrons. The predicted octanol–water partition coefficient (Wildman–Crippen LogP) is 6.03. The first-order valence-corrected chi connectivity index (χ1v) is 13.9. The summed E-state index contributed by atoms with van der Waals surface area (Å²) in [7, 11) is 0. The van der Waals surface area contributed by atoms with Crippen LogP contribution in [0.5, 0.6) is 5.75 Å². The Bertz CT molecular complexity index is 1460. The quantitative estimate of drug-likeness (QED) is 0.253. The summed E-state index contributed by atoms with van der Waals surface area (Å²) in [4.78, 5) is 13.3. The van der Waals surface area contributed by atoms with Crippen molar-refractivity contribution in [2.45, 2.75) is 13.0 Å². The summed E-state index contributed by atoms with van der Waals surface area (Å²) in [5.41, 5.74) is 4.11. The summed E-state index contributed by atoms with van der Waals surface area (Å²) in [5.74, 6) is 1.70. The Morgan fingerprint density at radius 1 is 1.00 bits per heavy atom. The van der Waals surface area contributed by atoms with Gasteiger partial charge < -0.3 is 19.4 Å². The Balaban J connectivity index is 1.40. The number of anilines is 1. The predicted molar refractivity (Wildman–Crippen MR) is 153 cm³/mol. The van der Waals surface area contributed by atoms with Gasteiger partial charge in [-0.3, -0.25) is 4.90 Å². The van der Waals surface area contributed by atoms with Crippen molar-refractivity contribution in [2.75, 3.05) is 44.8 Å². The van der Waals surface area contributed by atoms with Crippen LogP contribution in [-0.4, -0.2) is 58.9 Å². The number of ether oxygens (including phenoxy) is 2. The maximum atomic E-state index is 5.66. The van der Waals surface area contributed by atoms with Crippen molar-refractivity contribution < 1.29 is 9.47 Å². The van der Waals surface area contributed by atoms with Crippen LogP contribution in [0.25, 0.3) is 27.8 Å². The molecule has 0 radical (unpaired) electrons.